The lowest BCUT2D eigenvalue weighted by Crippen LogP contribution is -2.43. The highest BCUT2D eigenvalue weighted by Gasteiger charge is 2.32. The maximum Gasteiger partial charge on any atom is 0.254 e. The number of amides is 2. The fraction of sp³-hybridized carbons (Fsp3) is 0.600. The molecule has 1 aromatic rings. The van der Waals surface area contributed by atoms with E-state index in [1.807, 2.05) is 9.80 Å². The first-order chi connectivity index (χ1) is 13.1. The van der Waals surface area contributed by atoms with E-state index in [1.165, 1.54) is 0 Å². The van der Waals surface area contributed by atoms with Crippen molar-refractivity contribution in [3.8, 4) is 11.5 Å². The van der Waals surface area contributed by atoms with Gasteiger partial charge in [-0.1, -0.05) is 11.6 Å². The fourth-order valence-electron chi connectivity index (χ4n) is 4.06. The average molecular weight is 393 g/mol. The van der Waals surface area contributed by atoms with Crippen molar-refractivity contribution >= 4 is 23.4 Å². The van der Waals surface area contributed by atoms with Crippen molar-refractivity contribution in [2.75, 3.05) is 39.4 Å². The van der Waals surface area contributed by atoms with Gasteiger partial charge in [-0.15, -0.1) is 0 Å². The molecule has 27 heavy (non-hydrogen) atoms. The van der Waals surface area contributed by atoms with Crippen LogP contribution in [0.3, 0.4) is 0 Å². The maximum absolute atomic E-state index is 12.9. The molecule has 0 bridgehead atoms. The van der Waals surface area contributed by atoms with E-state index in [2.05, 4.69) is 0 Å². The Labute approximate surface area is 164 Å². The van der Waals surface area contributed by atoms with Gasteiger partial charge < -0.3 is 19.3 Å². The molecule has 7 heteroatoms. The van der Waals surface area contributed by atoms with Crippen LogP contribution in [0, 0.1) is 5.92 Å². The Hall–Kier alpha value is -1.95. The molecule has 0 saturated carbocycles. The highest BCUT2D eigenvalue weighted by molar-refractivity contribution is 6.32. The van der Waals surface area contributed by atoms with Crippen LogP contribution in [-0.2, 0) is 4.79 Å². The van der Waals surface area contributed by atoms with Gasteiger partial charge in [0.1, 0.15) is 0 Å². The van der Waals surface area contributed by atoms with Gasteiger partial charge in [0, 0.05) is 44.1 Å². The van der Waals surface area contributed by atoms with Crippen LogP contribution in [0.25, 0.3) is 0 Å². The Morgan fingerprint density at radius 1 is 0.926 bits per heavy atom. The third-order valence-corrected chi connectivity index (χ3v) is 5.88. The topological polar surface area (TPSA) is 59.1 Å². The summed E-state index contributed by atoms with van der Waals surface area (Å²) in [5.74, 6) is 1.28. The lowest BCUT2D eigenvalue weighted by Gasteiger charge is -2.33. The molecule has 3 heterocycles. The Morgan fingerprint density at radius 3 is 2.37 bits per heavy atom. The zero-order chi connectivity index (χ0) is 18.8. The average Bonchev–Trinajstić information content (AvgIpc) is 3.12. The highest BCUT2D eigenvalue weighted by atomic mass is 35.5. The minimum Gasteiger partial charge on any atom is -0.489 e. The molecule has 4 rings (SSSR count). The van der Waals surface area contributed by atoms with E-state index in [-0.39, 0.29) is 17.7 Å². The normalized spacial score (nSPS) is 20.5. The van der Waals surface area contributed by atoms with Gasteiger partial charge in [0.2, 0.25) is 5.91 Å². The number of carbonyl (C=O) groups is 2. The number of carbonyl (C=O) groups excluding carboxylic acids is 2. The van der Waals surface area contributed by atoms with Crippen LogP contribution < -0.4 is 9.47 Å². The Balaban J connectivity index is 1.41. The summed E-state index contributed by atoms with van der Waals surface area (Å²) in [6.45, 7) is 4.05. The van der Waals surface area contributed by atoms with Gasteiger partial charge in [-0.05, 0) is 37.8 Å². The van der Waals surface area contributed by atoms with Crippen LogP contribution in [0.4, 0.5) is 0 Å². The molecule has 146 valence electrons. The number of ether oxygens (including phenoxy) is 2. The number of benzene rings is 1. The van der Waals surface area contributed by atoms with Gasteiger partial charge in [-0.2, -0.15) is 0 Å². The zero-order valence-electron chi connectivity index (χ0n) is 15.4. The Bertz CT molecular complexity index is 725. The summed E-state index contributed by atoms with van der Waals surface area (Å²) in [5, 5.41) is 0.400. The molecule has 2 saturated heterocycles. The van der Waals surface area contributed by atoms with E-state index >= 15 is 0 Å². The molecule has 2 amide bonds. The molecule has 0 atom stereocenters. The monoisotopic (exact) mass is 392 g/mol. The fourth-order valence-corrected chi connectivity index (χ4v) is 4.33. The van der Waals surface area contributed by atoms with E-state index in [0.717, 1.165) is 45.2 Å². The summed E-state index contributed by atoms with van der Waals surface area (Å²) in [6.07, 6.45) is 4.44. The second-order valence-corrected chi connectivity index (χ2v) is 7.84. The van der Waals surface area contributed by atoms with Gasteiger partial charge in [-0.25, -0.2) is 0 Å². The van der Waals surface area contributed by atoms with Gasteiger partial charge >= 0.3 is 0 Å². The number of fused-ring (bicyclic) bond motifs is 1. The third-order valence-electron chi connectivity index (χ3n) is 5.60. The van der Waals surface area contributed by atoms with E-state index in [0.29, 0.717) is 48.4 Å². The number of rotatable bonds is 2. The molecule has 0 aliphatic carbocycles. The number of halogens is 1. The Morgan fingerprint density at radius 2 is 1.63 bits per heavy atom. The molecular weight excluding hydrogens is 368 g/mol. The van der Waals surface area contributed by atoms with Crippen molar-refractivity contribution in [1.29, 1.82) is 0 Å². The van der Waals surface area contributed by atoms with Crippen molar-refractivity contribution in [3.05, 3.63) is 22.7 Å². The van der Waals surface area contributed by atoms with Crippen molar-refractivity contribution in [2.45, 2.75) is 32.1 Å². The predicted molar refractivity (Wildman–Crippen MR) is 102 cm³/mol. The quantitative estimate of drug-likeness (QED) is 0.776. The van der Waals surface area contributed by atoms with E-state index in [9.17, 15) is 9.59 Å². The van der Waals surface area contributed by atoms with Crippen molar-refractivity contribution in [2.24, 2.45) is 5.92 Å². The second-order valence-electron chi connectivity index (χ2n) is 7.43. The molecule has 0 unspecified atom stereocenters. The van der Waals surface area contributed by atoms with Crippen LogP contribution in [0.1, 0.15) is 42.5 Å². The van der Waals surface area contributed by atoms with Crippen LogP contribution in [0.2, 0.25) is 5.02 Å². The van der Waals surface area contributed by atoms with E-state index in [1.54, 1.807) is 12.1 Å². The summed E-state index contributed by atoms with van der Waals surface area (Å²) < 4.78 is 11.3. The molecule has 0 N–H and O–H groups in total. The number of hydrogen-bond donors (Lipinski definition) is 0. The lowest BCUT2D eigenvalue weighted by atomic mass is 9.95. The van der Waals surface area contributed by atoms with Gasteiger partial charge in [0.25, 0.3) is 5.91 Å². The lowest BCUT2D eigenvalue weighted by molar-refractivity contribution is -0.135. The summed E-state index contributed by atoms with van der Waals surface area (Å²) in [4.78, 5) is 29.3. The molecule has 1 aromatic carbocycles. The maximum atomic E-state index is 12.9. The van der Waals surface area contributed by atoms with Crippen LogP contribution >= 0.6 is 11.6 Å². The molecule has 0 aromatic heterocycles. The molecular formula is C20H25ClN2O4. The first kappa shape index (κ1) is 18.4. The summed E-state index contributed by atoms with van der Waals surface area (Å²) in [5.41, 5.74) is 0.508. The van der Waals surface area contributed by atoms with Crippen LogP contribution in [0.5, 0.6) is 11.5 Å². The van der Waals surface area contributed by atoms with Crippen molar-refractivity contribution in [1.82, 2.24) is 9.80 Å². The molecule has 2 fully saturated rings. The molecule has 0 radical (unpaired) electrons. The predicted octanol–water partition coefficient (Wildman–Crippen LogP) is 2.98. The SMILES string of the molecule is O=C(c1cc(Cl)c2c(c1)OCCCO2)N1CCC(C(=O)N2CCCC2)CC1. The van der Waals surface area contributed by atoms with Gasteiger partial charge in [0.05, 0.1) is 18.2 Å². The first-order valence-electron chi connectivity index (χ1n) is 9.80. The highest BCUT2D eigenvalue weighted by Crippen LogP contribution is 2.38. The van der Waals surface area contributed by atoms with E-state index < -0.39 is 0 Å². The summed E-state index contributed by atoms with van der Waals surface area (Å²) in [6, 6.07) is 3.37. The number of nitrogens with zero attached hydrogens (tertiary/aromatic N) is 2. The van der Waals surface area contributed by atoms with Gasteiger partial charge in [-0.3, -0.25) is 9.59 Å². The summed E-state index contributed by atoms with van der Waals surface area (Å²) >= 11 is 6.31. The molecule has 0 spiro atoms. The zero-order valence-corrected chi connectivity index (χ0v) is 16.2. The smallest absolute Gasteiger partial charge is 0.254 e. The first-order valence-corrected chi connectivity index (χ1v) is 10.2. The third kappa shape index (κ3) is 3.86. The minimum atomic E-state index is -0.0698. The number of piperidine rings is 1. The van der Waals surface area contributed by atoms with Gasteiger partial charge in [0.15, 0.2) is 11.5 Å². The minimum absolute atomic E-state index is 0.0412. The van der Waals surface area contributed by atoms with E-state index in [4.69, 9.17) is 21.1 Å². The number of likely N-dealkylation sites (tertiary alicyclic amines) is 2. The standard InChI is InChI=1S/C20H25ClN2O4/c21-16-12-15(13-17-18(16)27-11-3-10-26-17)20(25)23-8-4-14(5-9-23)19(24)22-6-1-2-7-22/h12-14H,1-11H2. The summed E-state index contributed by atoms with van der Waals surface area (Å²) in [7, 11) is 0. The van der Waals surface area contributed by atoms with Crippen molar-refractivity contribution in [3.63, 3.8) is 0 Å². The van der Waals surface area contributed by atoms with Crippen LogP contribution in [0.15, 0.2) is 12.1 Å². The molecule has 6 nitrogen and oxygen atoms in total. The molecule has 3 aliphatic rings. The number of hydrogen-bond acceptors (Lipinski definition) is 4. The second kappa shape index (κ2) is 7.97. The molecule has 3 aliphatic heterocycles. The van der Waals surface area contributed by atoms with Crippen molar-refractivity contribution < 1.29 is 19.1 Å². The van der Waals surface area contributed by atoms with Crippen LogP contribution in [-0.4, -0.2) is 61.0 Å². The Kier molecular flexibility index (Phi) is 5.43. The largest absolute Gasteiger partial charge is 0.489 e.